The van der Waals surface area contributed by atoms with Crippen LogP contribution in [-0.4, -0.2) is 50.5 Å². The van der Waals surface area contributed by atoms with Crippen LogP contribution in [0.1, 0.15) is 18.7 Å². The monoisotopic (exact) mass is 506 g/mol. The van der Waals surface area contributed by atoms with E-state index in [1.165, 1.54) is 4.31 Å². The van der Waals surface area contributed by atoms with Gasteiger partial charge in [0.1, 0.15) is 13.2 Å². The molecule has 0 bridgehead atoms. The van der Waals surface area contributed by atoms with Gasteiger partial charge in [-0.1, -0.05) is 16.8 Å². The third-order valence-electron chi connectivity index (χ3n) is 4.99. The van der Waals surface area contributed by atoms with Crippen LogP contribution in [-0.2, 0) is 21.4 Å². The van der Waals surface area contributed by atoms with Crippen LogP contribution in [0.3, 0.4) is 0 Å². The largest absolute Gasteiger partial charge is 0.486 e. The third kappa shape index (κ3) is 5.97. The van der Waals surface area contributed by atoms with Gasteiger partial charge in [-0.3, -0.25) is 9.10 Å². The number of hydrogen-bond donors (Lipinski definition) is 1. The van der Waals surface area contributed by atoms with E-state index in [1.54, 1.807) is 42.5 Å². The molecule has 1 aliphatic rings. The number of halogens is 1. The highest BCUT2D eigenvalue weighted by Crippen LogP contribution is 2.34. The number of fused-ring (bicyclic) bond motifs is 1. The van der Waals surface area contributed by atoms with Crippen molar-refractivity contribution in [2.75, 3.05) is 30.3 Å². The maximum Gasteiger partial charge on any atom is 0.246 e. The Labute approximate surface area is 201 Å². The number of aromatic nitrogens is 2. The van der Waals surface area contributed by atoms with Gasteiger partial charge in [-0.05, 0) is 42.8 Å². The Bertz CT molecular complexity index is 1260. The molecule has 180 valence electrons. The quantitative estimate of drug-likeness (QED) is 0.469. The van der Waals surface area contributed by atoms with Crippen LogP contribution < -0.4 is 19.1 Å². The summed E-state index contributed by atoms with van der Waals surface area (Å²) in [5.41, 5.74) is 1.19. The van der Waals surface area contributed by atoms with Gasteiger partial charge in [0.25, 0.3) is 0 Å². The van der Waals surface area contributed by atoms with Crippen molar-refractivity contribution in [2.24, 2.45) is 0 Å². The number of ether oxygens (including phenoxy) is 2. The Kier molecular flexibility index (Phi) is 7.23. The maximum atomic E-state index is 12.3. The van der Waals surface area contributed by atoms with Gasteiger partial charge in [-0.2, -0.15) is 4.98 Å². The minimum absolute atomic E-state index is 0.0668. The second-order valence-electron chi connectivity index (χ2n) is 7.56. The standard InChI is InChI=1S/C22H23ClN4O6S/c1-34(29,30)27(17-8-9-18-19(13-17)32-12-11-31-18)10-2-3-20(28)24-14-21-25-22(26-33-21)15-4-6-16(23)7-5-15/h4-9,13H,2-3,10-12,14H2,1H3,(H,24,28). The van der Waals surface area contributed by atoms with Crippen LogP contribution >= 0.6 is 11.6 Å². The van der Waals surface area contributed by atoms with Crippen molar-refractivity contribution in [3.05, 3.63) is 53.4 Å². The lowest BCUT2D eigenvalue weighted by atomic mass is 10.2. The highest BCUT2D eigenvalue weighted by Gasteiger charge is 2.21. The summed E-state index contributed by atoms with van der Waals surface area (Å²) < 4.78 is 42.1. The molecule has 0 unspecified atom stereocenters. The number of hydrogen-bond acceptors (Lipinski definition) is 8. The molecule has 0 saturated heterocycles. The summed E-state index contributed by atoms with van der Waals surface area (Å²) >= 11 is 5.88. The molecular weight excluding hydrogens is 484 g/mol. The molecule has 1 aliphatic heterocycles. The van der Waals surface area contributed by atoms with E-state index < -0.39 is 10.0 Å². The van der Waals surface area contributed by atoms with Gasteiger partial charge in [-0.15, -0.1) is 0 Å². The highest BCUT2D eigenvalue weighted by molar-refractivity contribution is 7.92. The molecule has 0 radical (unpaired) electrons. The van der Waals surface area contributed by atoms with Gasteiger partial charge < -0.3 is 19.3 Å². The number of amides is 1. The Morgan fingerprint density at radius 3 is 2.59 bits per heavy atom. The number of rotatable bonds is 9. The summed E-state index contributed by atoms with van der Waals surface area (Å²) in [4.78, 5) is 16.5. The summed E-state index contributed by atoms with van der Waals surface area (Å²) in [6, 6.07) is 11.9. The van der Waals surface area contributed by atoms with Crippen LogP contribution in [0.5, 0.6) is 11.5 Å². The van der Waals surface area contributed by atoms with Gasteiger partial charge in [0.2, 0.25) is 27.6 Å². The van der Waals surface area contributed by atoms with E-state index in [1.807, 2.05) is 0 Å². The summed E-state index contributed by atoms with van der Waals surface area (Å²) in [5.74, 6) is 1.45. The smallest absolute Gasteiger partial charge is 0.246 e. The van der Waals surface area contributed by atoms with Crippen LogP contribution in [0, 0.1) is 0 Å². The molecule has 12 heteroatoms. The van der Waals surface area contributed by atoms with Crippen molar-refractivity contribution in [2.45, 2.75) is 19.4 Å². The SMILES string of the molecule is CS(=O)(=O)N(CCCC(=O)NCc1nc(-c2ccc(Cl)cc2)no1)c1ccc2c(c1)OCCO2. The summed E-state index contributed by atoms with van der Waals surface area (Å²) in [5, 5.41) is 7.20. The molecule has 3 aromatic rings. The van der Waals surface area contributed by atoms with Crippen molar-refractivity contribution in [3.63, 3.8) is 0 Å². The number of nitrogens with zero attached hydrogens (tertiary/aromatic N) is 3. The van der Waals surface area contributed by atoms with Crippen molar-refractivity contribution in [1.82, 2.24) is 15.5 Å². The number of anilines is 1. The molecule has 0 spiro atoms. The Balaban J connectivity index is 1.29. The van der Waals surface area contributed by atoms with E-state index in [4.69, 9.17) is 25.6 Å². The minimum atomic E-state index is -3.56. The lowest BCUT2D eigenvalue weighted by Gasteiger charge is -2.25. The van der Waals surface area contributed by atoms with Crippen molar-refractivity contribution in [3.8, 4) is 22.9 Å². The first kappa shape index (κ1) is 23.8. The zero-order valence-corrected chi connectivity index (χ0v) is 19.9. The number of carbonyl (C=O) groups excluding carboxylic acids is 1. The minimum Gasteiger partial charge on any atom is -0.486 e. The lowest BCUT2D eigenvalue weighted by molar-refractivity contribution is -0.121. The van der Waals surface area contributed by atoms with Gasteiger partial charge in [-0.25, -0.2) is 8.42 Å². The average molecular weight is 507 g/mol. The van der Waals surface area contributed by atoms with Crippen LogP contribution in [0.15, 0.2) is 47.0 Å². The Hall–Kier alpha value is -3.31. The van der Waals surface area contributed by atoms with Crippen molar-refractivity contribution in [1.29, 1.82) is 0 Å². The fourth-order valence-corrected chi connectivity index (χ4v) is 4.45. The summed E-state index contributed by atoms with van der Waals surface area (Å²) in [7, 11) is -3.56. The molecule has 0 aliphatic carbocycles. The van der Waals surface area contributed by atoms with Gasteiger partial charge in [0, 0.05) is 29.6 Å². The normalized spacial score (nSPS) is 12.9. The molecule has 2 aromatic carbocycles. The molecule has 4 rings (SSSR count). The fourth-order valence-electron chi connectivity index (χ4n) is 3.36. The Morgan fingerprint density at radius 2 is 1.85 bits per heavy atom. The van der Waals surface area contributed by atoms with Crippen LogP contribution in [0.25, 0.3) is 11.4 Å². The van der Waals surface area contributed by atoms with E-state index in [2.05, 4.69) is 15.5 Å². The zero-order chi connectivity index (χ0) is 24.1. The predicted molar refractivity (Wildman–Crippen MR) is 125 cm³/mol. The van der Waals surface area contributed by atoms with Crippen LogP contribution in [0.2, 0.25) is 5.02 Å². The predicted octanol–water partition coefficient (Wildman–Crippen LogP) is 3.02. The maximum absolute atomic E-state index is 12.3. The molecule has 1 amide bonds. The van der Waals surface area contributed by atoms with E-state index in [0.717, 1.165) is 11.8 Å². The second kappa shape index (κ2) is 10.3. The molecule has 1 N–H and O–H groups in total. The number of benzene rings is 2. The average Bonchev–Trinajstić information content (AvgIpc) is 3.29. The molecule has 1 aromatic heterocycles. The number of sulfonamides is 1. The van der Waals surface area contributed by atoms with E-state index in [0.29, 0.717) is 47.7 Å². The Morgan fingerprint density at radius 1 is 1.12 bits per heavy atom. The van der Waals surface area contributed by atoms with Crippen molar-refractivity contribution >= 4 is 33.2 Å². The number of carbonyl (C=O) groups is 1. The summed E-state index contributed by atoms with van der Waals surface area (Å²) in [6.07, 6.45) is 1.56. The highest BCUT2D eigenvalue weighted by atomic mass is 35.5. The zero-order valence-electron chi connectivity index (χ0n) is 18.4. The fraction of sp³-hybridized carbons (Fsp3) is 0.318. The topological polar surface area (TPSA) is 124 Å². The van der Waals surface area contributed by atoms with Gasteiger partial charge in [0.05, 0.1) is 18.5 Å². The number of nitrogens with one attached hydrogen (secondary N) is 1. The van der Waals surface area contributed by atoms with E-state index >= 15 is 0 Å². The molecule has 10 nitrogen and oxygen atoms in total. The molecule has 34 heavy (non-hydrogen) atoms. The first-order valence-corrected chi connectivity index (χ1v) is 12.7. The van der Waals surface area contributed by atoms with Gasteiger partial charge in [0.15, 0.2) is 11.5 Å². The second-order valence-corrected chi connectivity index (χ2v) is 9.91. The molecule has 0 fully saturated rings. The molecule has 0 saturated carbocycles. The molecule has 2 heterocycles. The van der Waals surface area contributed by atoms with Gasteiger partial charge >= 0.3 is 0 Å². The molecular formula is C22H23ClN4O6S. The van der Waals surface area contributed by atoms with E-state index in [-0.39, 0.29) is 31.3 Å². The lowest BCUT2D eigenvalue weighted by Crippen LogP contribution is -2.32. The van der Waals surface area contributed by atoms with Crippen molar-refractivity contribution < 1.29 is 27.2 Å². The summed E-state index contributed by atoms with van der Waals surface area (Å²) in [6.45, 7) is 1.05. The first-order chi connectivity index (χ1) is 16.3. The first-order valence-electron chi connectivity index (χ1n) is 10.5. The van der Waals surface area contributed by atoms with Crippen LogP contribution in [0.4, 0.5) is 5.69 Å². The van der Waals surface area contributed by atoms with E-state index in [9.17, 15) is 13.2 Å². The third-order valence-corrected chi connectivity index (χ3v) is 6.43. The molecule has 0 atom stereocenters.